The van der Waals surface area contributed by atoms with E-state index in [2.05, 4.69) is 73.9 Å². The Kier molecular flexibility index (Phi) is 6.63. The van der Waals surface area contributed by atoms with Gasteiger partial charge in [0.05, 0.1) is 0 Å². The summed E-state index contributed by atoms with van der Waals surface area (Å²) in [6.07, 6.45) is 11.8. The normalized spacial score (nSPS) is 27.3. The fourth-order valence-electron chi connectivity index (χ4n) is 3.03. The number of nitrogens with zero attached hydrogens (tertiary/aromatic N) is 2. The van der Waals surface area contributed by atoms with E-state index in [9.17, 15) is 0 Å². The van der Waals surface area contributed by atoms with Gasteiger partial charge in [0, 0.05) is 40.7 Å². The molecule has 0 radical (unpaired) electrons. The number of halogens is 2. The second kappa shape index (κ2) is 8.00. The lowest BCUT2D eigenvalue weighted by atomic mass is 10.0. The lowest BCUT2D eigenvalue weighted by molar-refractivity contribution is 0.160. The van der Waals surface area contributed by atoms with Crippen LogP contribution < -0.4 is 0 Å². The predicted molar refractivity (Wildman–Crippen MR) is 94.5 cm³/mol. The van der Waals surface area contributed by atoms with Gasteiger partial charge in [-0.3, -0.25) is 4.90 Å². The highest BCUT2D eigenvalue weighted by molar-refractivity contribution is 9.11. The molecule has 1 fully saturated rings. The third-order valence-electron chi connectivity index (χ3n) is 4.47. The van der Waals surface area contributed by atoms with E-state index in [4.69, 9.17) is 0 Å². The van der Waals surface area contributed by atoms with E-state index in [1.807, 2.05) is 0 Å². The summed E-state index contributed by atoms with van der Waals surface area (Å²) in [5.74, 6) is 0. The monoisotopic (exact) mass is 404 g/mol. The Morgan fingerprint density at radius 2 is 2.05 bits per heavy atom. The van der Waals surface area contributed by atoms with Gasteiger partial charge in [-0.05, 0) is 68.1 Å². The van der Waals surface area contributed by atoms with Crippen LogP contribution in [0.15, 0.2) is 22.8 Å². The molecular weight excluding hydrogens is 380 g/mol. The van der Waals surface area contributed by atoms with Crippen LogP contribution in [0.25, 0.3) is 0 Å². The van der Waals surface area contributed by atoms with Gasteiger partial charge < -0.3 is 4.90 Å². The number of hydrogen-bond donors (Lipinski definition) is 0. The van der Waals surface area contributed by atoms with Crippen molar-refractivity contribution in [3.63, 3.8) is 0 Å². The third kappa shape index (κ3) is 4.88. The molecule has 1 saturated heterocycles. The zero-order valence-electron chi connectivity index (χ0n) is 12.6. The van der Waals surface area contributed by atoms with Gasteiger partial charge in [-0.15, -0.1) is 0 Å². The molecule has 3 atom stereocenters. The summed E-state index contributed by atoms with van der Waals surface area (Å²) in [5.41, 5.74) is 0. The Hall–Kier alpha value is 0.200. The predicted octanol–water partition coefficient (Wildman–Crippen LogP) is 4.51. The van der Waals surface area contributed by atoms with Gasteiger partial charge in [0.25, 0.3) is 0 Å². The Bertz CT molecular complexity index is 367. The van der Waals surface area contributed by atoms with Crippen LogP contribution in [-0.2, 0) is 0 Å². The molecule has 20 heavy (non-hydrogen) atoms. The van der Waals surface area contributed by atoms with Gasteiger partial charge >= 0.3 is 0 Å². The number of allylic oxidation sites excluding steroid dienone is 2. The van der Waals surface area contributed by atoms with E-state index in [0.29, 0.717) is 16.9 Å². The van der Waals surface area contributed by atoms with Crippen LogP contribution in [0.1, 0.15) is 39.5 Å². The smallest absolute Gasteiger partial charge is 0.0360 e. The first kappa shape index (κ1) is 16.6. The molecule has 0 aliphatic carbocycles. The highest BCUT2D eigenvalue weighted by Crippen LogP contribution is 2.22. The molecule has 0 spiro atoms. The lowest BCUT2D eigenvalue weighted by Crippen LogP contribution is -2.42. The van der Waals surface area contributed by atoms with Crippen LogP contribution in [0.4, 0.5) is 0 Å². The molecule has 2 heterocycles. The molecule has 0 saturated carbocycles. The molecule has 0 aromatic heterocycles. The second-order valence-electron chi connectivity index (χ2n) is 6.12. The summed E-state index contributed by atoms with van der Waals surface area (Å²) in [7, 11) is 0. The summed E-state index contributed by atoms with van der Waals surface area (Å²) in [6, 6.07) is 1.31. The van der Waals surface area contributed by atoms with E-state index in [0.717, 1.165) is 6.54 Å². The first-order chi connectivity index (χ1) is 9.56. The molecule has 2 aliphatic heterocycles. The van der Waals surface area contributed by atoms with Gasteiger partial charge in [-0.1, -0.05) is 22.0 Å². The van der Waals surface area contributed by atoms with Crippen molar-refractivity contribution in [1.29, 1.82) is 0 Å². The Morgan fingerprint density at radius 3 is 2.75 bits per heavy atom. The molecule has 0 bridgehead atoms. The molecule has 0 amide bonds. The van der Waals surface area contributed by atoms with E-state index in [-0.39, 0.29) is 0 Å². The van der Waals surface area contributed by atoms with E-state index in [1.165, 1.54) is 43.3 Å². The summed E-state index contributed by atoms with van der Waals surface area (Å²) < 4.78 is 1.18. The number of likely N-dealkylation sites (tertiary alicyclic amines) is 1. The summed E-state index contributed by atoms with van der Waals surface area (Å²) in [5, 5.41) is 0. The maximum Gasteiger partial charge on any atom is 0.0360 e. The van der Waals surface area contributed by atoms with Crippen molar-refractivity contribution in [1.82, 2.24) is 9.80 Å². The standard InChI is InChI=1S/C16H26Br2N2/c1-13(19-9-3-5-15(17)11-19)7-8-14(2)20-10-4-6-16(18)12-20/h3,5,11,13-14,16H,4,6-10,12H2,1-2H3. The molecule has 3 unspecified atom stereocenters. The zero-order valence-corrected chi connectivity index (χ0v) is 15.7. The highest BCUT2D eigenvalue weighted by atomic mass is 79.9. The van der Waals surface area contributed by atoms with Crippen molar-refractivity contribution < 1.29 is 0 Å². The average molecular weight is 406 g/mol. The first-order valence-electron chi connectivity index (χ1n) is 7.74. The molecule has 0 aromatic carbocycles. The fourth-order valence-corrected chi connectivity index (χ4v) is 4.18. The number of alkyl halides is 1. The van der Waals surface area contributed by atoms with Crippen LogP contribution in [-0.4, -0.2) is 46.3 Å². The minimum absolute atomic E-state index is 0.611. The minimum atomic E-state index is 0.611. The fraction of sp³-hybridized carbons (Fsp3) is 0.750. The molecule has 4 heteroatoms. The highest BCUT2D eigenvalue weighted by Gasteiger charge is 2.22. The van der Waals surface area contributed by atoms with Gasteiger partial charge in [0.1, 0.15) is 0 Å². The largest absolute Gasteiger partial charge is 0.370 e. The molecule has 2 aliphatic rings. The van der Waals surface area contributed by atoms with Crippen molar-refractivity contribution in [2.75, 3.05) is 19.6 Å². The van der Waals surface area contributed by atoms with Crippen molar-refractivity contribution in [3.8, 4) is 0 Å². The minimum Gasteiger partial charge on any atom is -0.370 e. The third-order valence-corrected chi connectivity index (χ3v) is 5.69. The zero-order chi connectivity index (χ0) is 14.5. The van der Waals surface area contributed by atoms with Gasteiger partial charge in [-0.25, -0.2) is 0 Å². The molecule has 2 nitrogen and oxygen atoms in total. The van der Waals surface area contributed by atoms with Crippen LogP contribution in [0, 0.1) is 0 Å². The number of piperidine rings is 1. The van der Waals surface area contributed by atoms with Crippen molar-refractivity contribution >= 4 is 31.9 Å². The summed E-state index contributed by atoms with van der Waals surface area (Å²) in [4.78, 5) is 5.78. The van der Waals surface area contributed by atoms with Crippen molar-refractivity contribution in [3.05, 3.63) is 22.8 Å². The topological polar surface area (TPSA) is 6.48 Å². The van der Waals surface area contributed by atoms with Gasteiger partial charge in [-0.2, -0.15) is 0 Å². The number of rotatable bonds is 5. The van der Waals surface area contributed by atoms with Crippen LogP contribution in [0.5, 0.6) is 0 Å². The Morgan fingerprint density at radius 1 is 1.30 bits per heavy atom. The average Bonchev–Trinajstić information content (AvgIpc) is 2.44. The van der Waals surface area contributed by atoms with Crippen LogP contribution >= 0.6 is 31.9 Å². The SMILES string of the molecule is CC(CCC(C)N1CCCC(Br)C1)N1C=C(Br)C=CC1. The molecular formula is C16H26Br2N2. The molecule has 2 rings (SSSR count). The van der Waals surface area contributed by atoms with Crippen molar-refractivity contribution in [2.45, 2.75) is 56.4 Å². The molecule has 0 aromatic rings. The molecule has 0 N–H and O–H groups in total. The molecule has 114 valence electrons. The van der Waals surface area contributed by atoms with E-state index < -0.39 is 0 Å². The van der Waals surface area contributed by atoms with Crippen molar-refractivity contribution in [2.24, 2.45) is 0 Å². The van der Waals surface area contributed by atoms with E-state index in [1.54, 1.807) is 0 Å². The maximum atomic E-state index is 3.78. The first-order valence-corrected chi connectivity index (χ1v) is 9.45. The Balaban J connectivity index is 1.75. The van der Waals surface area contributed by atoms with Crippen LogP contribution in [0.3, 0.4) is 0 Å². The number of hydrogen-bond acceptors (Lipinski definition) is 2. The Labute approximate surface area is 140 Å². The van der Waals surface area contributed by atoms with Gasteiger partial charge in [0.15, 0.2) is 0 Å². The second-order valence-corrected chi connectivity index (χ2v) is 8.33. The van der Waals surface area contributed by atoms with Crippen LogP contribution in [0.2, 0.25) is 0 Å². The maximum absolute atomic E-state index is 3.78. The quantitative estimate of drug-likeness (QED) is 0.620. The summed E-state index contributed by atoms with van der Waals surface area (Å²) in [6.45, 7) is 8.26. The summed E-state index contributed by atoms with van der Waals surface area (Å²) >= 11 is 7.34. The lowest BCUT2D eigenvalue weighted by Gasteiger charge is -2.36. The van der Waals surface area contributed by atoms with E-state index >= 15 is 0 Å². The van der Waals surface area contributed by atoms with Gasteiger partial charge in [0.2, 0.25) is 0 Å².